The molecule has 0 unspecified atom stereocenters. The van der Waals surface area contributed by atoms with Crippen LogP contribution >= 0.6 is 0 Å². The average molecular weight is 445 g/mol. The molecule has 0 aliphatic rings. The minimum Gasteiger partial charge on any atom is -0.499 e. The molecule has 3 aromatic rings. The van der Waals surface area contributed by atoms with Gasteiger partial charge in [0.25, 0.3) is 0 Å². The third kappa shape index (κ3) is 7.35. The van der Waals surface area contributed by atoms with E-state index in [-0.39, 0.29) is 0 Å². The summed E-state index contributed by atoms with van der Waals surface area (Å²) in [5.41, 5.74) is 9.06. The molecule has 0 amide bonds. The summed E-state index contributed by atoms with van der Waals surface area (Å²) >= 11 is 0. The van der Waals surface area contributed by atoms with E-state index in [9.17, 15) is 0 Å². The molecule has 5 nitrogen and oxygen atoms in total. The second kappa shape index (κ2) is 13.3. The Bertz CT molecular complexity index is 1000. The quantitative estimate of drug-likeness (QED) is 0.172. The maximum Gasteiger partial charge on any atom is 0.134 e. The molecular weight excluding hydrogens is 408 g/mol. The van der Waals surface area contributed by atoms with Crippen LogP contribution in [0.4, 0.5) is 17.3 Å². The van der Waals surface area contributed by atoms with Crippen molar-refractivity contribution in [3.8, 4) is 11.1 Å². The molecule has 174 valence electrons. The monoisotopic (exact) mass is 444 g/mol. The van der Waals surface area contributed by atoms with Crippen LogP contribution in [0.3, 0.4) is 0 Å². The number of pyridine rings is 2. The fourth-order valence-corrected chi connectivity index (χ4v) is 3.92. The van der Waals surface area contributed by atoms with E-state index < -0.39 is 0 Å². The number of rotatable bonds is 13. The van der Waals surface area contributed by atoms with Gasteiger partial charge in [-0.3, -0.25) is 0 Å². The van der Waals surface area contributed by atoms with E-state index in [4.69, 9.17) is 10.5 Å². The van der Waals surface area contributed by atoms with Gasteiger partial charge in [0.05, 0.1) is 12.4 Å². The Hall–Kier alpha value is -3.34. The number of hydrogen-bond donors (Lipinski definition) is 1. The van der Waals surface area contributed by atoms with E-state index in [0.717, 1.165) is 79.5 Å². The minimum absolute atomic E-state index is 0.742. The predicted molar refractivity (Wildman–Crippen MR) is 138 cm³/mol. The fourth-order valence-electron chi connectivity index (χ4n) is 3.92. The number of anilines is 3. The Morgan fingerprint density at radius 1 is 0.909 bits per heavy atom. The summed E-state index contributed by atoms with van der Waals surface area (Å²) in [5.74, 6) is 2.93. The third-order valence-corrected chi connectivity index (χ3v) is 5.54. The zero-order chi connectivity index (χ0) is 23.3. The van der Waals surface area contributed by atoms with Crippen LogP contribution < -0.4 is 10.6 Å². The smallest absolute Gasteiger partial charge is 0.134 e. The number of para-hydroxylation sites is 1. The van der Waals surface area contributed by atoms with Crippen LogP contribution in [-0.4, -0.2) is 23.1 Å². The van der Waals surface area contributed by atoms with Crippen molar-refractivity contribution in [2.45, 2.75) is 52.4 Å². The molecule has 5 heteroatoms. The van der Waals surface area contributed by atoms with E-state index >= 15 is 0 Å². The van der Waals surface area contributed by atoms with E-state index in [0.29, 0.717) is 0 Å². The van der Waals surface area contributed by atoms with Gasteiger partial charge in [0, 0.05) is 36.6 Å². The van der Waals surface area contributed by atoms with Crippen LogP contribution in [0.1, 0.15) is 52.4 Å². The Morgan fingerprint density at radius 2 is 1.70 bits per heavy atom. The van der Waals surface area contributed by atoms with Crippen LogP contribution in [-0.2, 0) is 4.74 Å². The maximum absolute atomic E-state index is 6.22. The first kappa shape index (κ1) is 24.3. The van der Waals surface area contributed by atoms with Gasteiger partial charge in [-0.2, -0.15) is 0 Å². The zero-order valence-corrected chi connectivity index (χ0v) is 19.9. The van der Waals surface area contributed by atoms with Crippen molar-refractivity contribution in [3.05, 3.63) is 78.8 Å². The lowest BCUT2D eigenvalue weighted by molar-refractivity contribution is 0.215. The first-order chi connectivity index (χ1) is 16.2. The van der Waals surface area contributed by atoms with E-state index in [1.54, 1.807) is 0 Å². The Morgan fingerprint density at radius 3 is 2.45 bits per heavy atom. The molecule has 0 saturated heterocycles. The van der Waals surface area contributed by atoms with E-state index in [2.05, 4.69) is 33.9 Å². The number of ether oxygens (including phenoxy) is 1. The molecule has 2 N–H and O–H groups in total. The van der Waals surface area contributed by atoms with Gasteiger partial charge in [-0.1, -0.05) is 44.0 Å². The van der Waals surface area contributed by atoms with Gasteiger partial charge in [-0.05, 0) is 68.2 Å². The summed E-state index contributed by atoms with van der Waals surface area (Å²) in [5, 5.41) is 0. The maximum atomic E-state index is 6.22. The van der Waals surface area contributed by atoms with Crippen LogP contribution in [0.15, 0.2) is 78.8 Å². The second-order valence-corrected chi connectivity index (χ2v) is 8.01. The van der Waals surface area contributed by atoms with Crippen LogP contribution in [0.25, 0.3) is 11.1 Å². The van der Waals surface area contributed by atoms with Crippen LogP contribution in [0.2, 0.25) is 0 Å². The lowest BCUT2D eigenvalue weighted by atomic mass is 10.0. The summed E-state index contributed by atoms with van der Waals surface area (Å²) < 4.78 is 5.73. The molecule has 1 aromatic carbocycles. The van der Waals surface area contributed by atoms with Gasteiger partial charge in [-0.15, -0.1) is 0 Å². The van der Waals surface area contributed by atoms with Gasteiger partial charge >= 0.3 is 0 Å². The van der Waals surface area contributed by atoms with Crippen molar-refractivity contribution in [1.82, 2.24) is 9.97 Å². The number of hydrogen-bond acceptors (Lipinski definition) is 5. The normalized spacial score (nSPS) is 11.4. The lowest BCUT2D eigenvalue weighted by Gasteiger charge is -2.23. The van der Waals surface area contributed by atoms with Crippen molar-refractivity contribution in [2.75, 3.05) is 23.8 Å². The van der Waals surface area contributed by atoms with Crippen LogP contribution in [0, 0.1) is 0 Å². The highest BCUT2D eigenvalue weighted by atomic mass is 16.5. The molecule has 0 bridgehead atoms. The Labute approximate surface area is 198 Å². The van der Waals surface area contributed by atoms with Crippen molar-refractivity contribution in [2.24, 2.45) is 0 Å². The van der Waals surface area contributed by atoms with Gasteiger partial charge in [0.2, 0.25) is 0 Å². The molecule has 0 aliphatic heterocycles. The van der Waals surface area contributed by atoms with Gasteiger partial charge in [0.15, 0.2) is 0 Å². The Balaban J connectivity index is 1.66. The summed E-state index contributed by atoms with van der Waals surface area (Å²) in [7, 11) is 0. The highest BCUT2D eigenvalue weighted by molar-refractivity contribution is 5.78. The van der Waals surface area contributed by atoms with Crippen molar-refractivity contribution >= 4 is 17.3 Å². The molecule has 0 fully saturated rings. The number of nitrogens with zero attached hydrogens (tertiary/aromatic N) is 3. The lowest BCUT2D eigenvalue weighted by Crippen LogP contribution is -2.20. The molecule has 0 aliphatic carbocycles. The van der Waals surface area contributed by atoms with Crippen molar-refractivity contribution in [3.63, 3.8) is 0 Å². The molecule has 2 aromatic heterocycles. The standard InChI is InChI=1S/C28H36N4O/c1-3-13-24(33-4-2)14-7-5-6-12-21-32(27-17-10-11-19-30-27)28-22-23(18-20-31-28)25-15-8-9-16-26(25)29/h8-11,13,15-20,22H,3-7,12,14,21,29H2,1-2H3/b24-13+. The highest BCUT2D eigenvalue weighted by Gasteiger charge is 2.13. The number of nitrogens with two attached hydrogens (primary N) is 1. The van der Waals surface area contributed by atoms with E-state index in [1.807, 2.05) is 67.8 Å². The number of unbranched alkanes of at least 4 members (excludes halogenated alkanes) is 3. The Kier molecular flexibility index (Phi) is 9.77. The molecule has 3 rings (SSSR count). The summed E-state index contributed by atoms with van der Waals surface area (Å²) in [4.78, 5) is 11.5. The first-order valence-electron chi connectivity index (χ1n) is 12.0. The van der Waals surface area contributed by atoms with Gasteiger partial charge in [-0.25, -0.2) is 9.97 Å². The summed E-state index contributed by atoms with van der Waals surface area (Å²) in [6.07, 6.45) is 12.5. The molecule has 33 heavy (non-hydrogen) atoms. The number of allylic oxidation sites excluding steroid dienone is 2. The largest absolute Gasteiger partial charge is 0.499 e. The molecular formula is C28H36N4O. The van der Waals surface area contributed by atoms with Crippen LogP contribution in [0.5, 0.6) is 0 Å². The second-order valence-electron chi connectivity index (χ2n) is 8.01. The van der Waals surface area contributed by atoms with E-state index in [1.165, 1.54) is 6.42 Å². The van der Waals surface area contributed by atoms with Crippen molar-refractivity contribution in [1.29, 1.82) is 0 Å². The molecule has 0 radical (unpaired) electrons. The molecule has 0 spiro atoms. The third-order valence-electron chi connectivity index (χ3n) is 5.54. The summed E-state index contributed by atoms with van der Waals surface area (Å²) in [6, 6.07) is 18.0. The molecule has 2 heterocycles. The SMILES string of the molecule is CC/C=C(\CCCCCCN(c1ccccn1)c1cc(-c2ccccc2N)ccn1)OCC. The summed E-state index contributed by atoms with van der Waals surface area (Å²) in [6.45, 7) is 5.80. The minimum atomic E-state index is 0.742. The zero-order valence-electron chi connectivity index (χ0n) is 19.9. The number of benzene rings is 1. The predicted octanol–water partition coefficient (Wildman–Crippen LogP) is 7.14. The number of aromatic nitrogens is 2. The first-order valence-corrected chi connectivity index (χ1v) is 12.0. The topological polar surface area (TPSA) is 64.3 Å². The van der Waals surface area contributed by atoms with Gasteiger partial charge < -0.3 is 15.4 Å². The molecule has 0 saturated carbocycles. The highest BCUT2D eigenvalue weighted by Crippen LogP contribution is 2.30. The average Bonchev–Trinajstić information content (AvgIpc) is 2.85. The van der Waals surface area contributed by atoms with Gasteiger partial charge in [0.1, 0.15) is 11.6 Å². The number of nitrogen functional groups attached to an aromatic ring is 1. The van der Waals surface area contributed by atoms with Crippen molar-refractivity contribution < 1.29 is 4.74 Å². The molecule has 0 atom stereocenters. The fraction of sp³-hybridized carbons (Fsp3) is 0.357.